The van der Waals surface area contributed by atoms with E-state index in [1.807, 2.05) is 0 Å². The second-order valence-corrected chi connectivity index (χ2v) is 3.47. The molecule has 0 atom stereocenters. The number of aliphatic hydroxyl groups excluding tert-OH is 1. The van der Waals surface area contributed by atoms with Crippen LogP contribution in [0.25, 0.3) is 0 Å². The highest BCUT2D eigenvalue weighted by molar-refractivity contribution is 5.67. The van der Waals surface area contributed by atoms with Gasteiger partial charge in [-0.3, -0.25) is 0 Å². The van der Waals surface area contributed by atoms with Gasteiger partial charge in [0.25, 0.3) is 0 Å². The van der Waals surface area contributed by atoms with Crippen molar-refractivity contribution in [3.05, 3.63) is 0 Å². The maximum atomic E-state index is 11.4. The number of hydrogen-bond acceptors (Lipinski definition) is 3. The molecule has 0 radical (unpaired) electrons. The van der Waals surface area contributed by atoms with Crippen LogP contribution in [0.4, 0.5) is 4.79 Å². The number of ether oxygens (including phenoxy) is 1. The van der Waals surface area contributed by atoms with Gasteiger partial charge in [0.05, 0.1) is 13.2 Å². The molecule has 0 rings (SSSR count). The molecule has 4 nitrogen and oxygen atoms in total. The minimum absolute atomic E-state index is 0.00735. The van der Waals surface area contributed by atoms with Crippen molar-refractivity contribution < 1.29 is 14.6 Å². The van der Waals surface area contributed by atoms with Gasteiger partial charge in [0.15, 0.2) is 0 Å². The normalized spacial score (nSPS) is 10.1. The van der Waals surface area contributed by atoms with Gasteiger partial charge in [0, 0.05) is 13.1 Å². The van der Waals surface area contributed by atoms with Crippen molar-refractivity contribution >= 4 is 6.09 Å². The summed E-state index contributed by atoms with van der Waals surface area (Å²) in [5, 5.41) is 8.81. The van der Waals surface area contributed by atoms with E-state index in [4.69, 9.17) is 9.84 Å². The Morgan fingerprint density at radius 2 is 1.93 bits per heavy atom. The number of carbonyl (C=O) groups excluding carboxylic acids is 1. The van der Waals surface area contributed by atoms with Gasteiger partial charge in [-0.2, -0.15) is 0 Å². The molecule has 0 saturated heterocycles. The number of carbonyl (C=O) groups is 1. The first kappa shape index (κ1) is 14.2. The molecule has 0 spiro atoms. The van der Waals surface area contributed by atoms with E-state index in [-0.39, 0.29) is 12.7 Å². The van der Waals surface area contributed by atoms with Gasteiger partial charge in [-0.15, -0.1) is 0 Å². The summed E-state index contributed by atoms with van der Waals surface area (Å²) in [7, 11) is 0. The van der Waals surface area contributed by atoms with Gasteiger partial charge < -0.3 is 14.7 Å². The molecular weight excluding hydrogens is 194 g/mol. The molecule has 1 amide bonds. The second-order valence-electron chi connectivity index (χ2n) is 3.47. The highest BCUT2D eigenvalue weighted by atomic mass is 16.6. The van der Waals surface area contributed by atoms with Crippen molar-refractivity contribution in [2.75, 3.05) is 26.3 Å². The third-order valence-electron chi connectivity index (χ3n) is 2.18. The fraction of sp³-hybridized carbons (Fsp3) is 0.909. The van der Waals surface area contributed by atoms with Gasteiger partial charge >= 0.3 is 6.09 Å². The van der Waals surface area contributed by atoms with Crippen LogP contribution in [-0.4, -0.2) is 42.4 Å². The van der Waals surface area contributed by atoms with Crippen molar-refractivity contribution in [1.82, 2.24) is 4.90 Å². The maximum absolute atomic E-state index is 11.4. The maximum Gasteiger partial charge on any atom is 0.409 e. The number of hydrogen-bond donors (Lipinski definition) is 1. The molecule has 0 unspecified atom stereocenters. The molecule has 0 bridgehead atoms. The van der Waals surface area contributed by atoms with Crippen LogP contribution in [0.1, 0.15) is 39.5 Å². The second kappa shape index (κ2) is 9.77. The zero-order valence-corrected chi connectivity index (χ0v) is 9.87. The Kier molecular flexibility index (Phi) is 9.27. The average molecular weight is 217 g/mol. The van der Waals surface area contributed by atoms with Crippen molar-refractivity contribution in [2.45, 2.75) is 39.5 Å². The summed E-state index contributed by atoms with van der Waals surface area (Å²) < 4.78 is 4.89. The Labute approximate surface area is 92.2 Å². The zero-order chi connectivity index (χ0) is 11.5. The van der Waals surface area contributed by atoms with Gasteiger partial charge in [-0.05, 0) is 13.3 Å². The van der Waals surface area contributed by atoms with E-state index in [1.54, 1.807) is 11.8 Å². The molecule has 0 heterocycles. The number of rotatable bonds is 8. The van der Waals surface area contributed by atoms with E-state index >= 15 is 0 Å². The Hall–Kier alpha value is -0.770. The third-order valence-corrected chi connectivity index (χ3v) is 2.18. The summed E-state index contributed by atoms with van der Waals surface area (Å²) in [6, 6.07) is 0. The first-order valence-corrected chi connectivity index (χ1v) is 5.78. The summed E-state index contributed by atoms with van der Waals surface area (Å²) >= 11 is 0. The highest BCUT2D eigenvalue weighted by Crippen LogP contribution is 2.02. The van der Waals surface area contributed by atoms with Crippen LogP contribution in [0, 0.1) is 0 Å². The smallest absolute Gasteiger partial charge is 0.409 e. The largest absolute Gasteiger partial charge is 0.450 e. The Bertz CT molecular complexity index is 162. The predicted octanol–water partition coefficient (Wildman–Crippen LogP) is 2.02. The molecule has 0 fully saturated rings. The summed E-state index contributed by atoms with van der Waals surface area (Å²) in [5.41, 5.74) is 0. The molecule has 0 aliphatic heterocycles. The summed E-state index contributed by atoms with van der Waals surface area (Å²) in [6.45, 7) is 5.36. The molecule has 0 aliphatic carbocycles. The Morgan fingerprint density at radius 1 is 1.20 bits per heavy atom. The van der Waals surface area contributed by atoms with Crippen LogP contribution in [0.3, 0.4) is 0 Å². The van der Waals surface area contributed by atoms with E-state index in [9.17, 15) is 4.79 Å². The zero-order valence-electron chi connectivity index (χ0n) is 9.87. The predicted molar refractivity (Wildman–Crippen MR) is 59.8 cm³/mol. The van der Waals surface area contributed by atoms with Gasteiger partial charge in [0.1, 0.15) is 0 Å². The fourth-order valence-corrected chi connectivity index (χ4v) is 1.36. The molecule has 4 heteroatoms. The number of aliphatic hydroxyl groups is 1. The SMILES string of the molecule is CCCCCCN(CCO)C(=O)OCC. The van der Waals surface area contributed by atoms with Gasteiger partial charge in [0.2, 0.25) is 0 Å². The lowest BCUT2D eigenvalue weighted by molar-refractivity contribution is 0.0976. The molecule has 0 saturated carbocycles. The molecule has 0 aromatic rings. The van der Waals surface area contributed by atoms with E-state index in [0.717, 1.165) is 12.8 Å². The molecular formula is C11H23NO3. The highest BCUT2D eigenvalue weighted by Gasteiger charge is 2.12. The fourth-order valence-electron chi connectivity index (χ4n) is 1.36. The molecule has 0 aromatic carbocycles. The van der Waals surface area contributed by atoms with Crippen molar-refractivity contribution in [2.24, 2.45) is 0 Å². The third kappa shape index (κ3) is 7.19. The topological polar surface area (TPSA) is 49.8 Å². The quantitative estimate of drug-likeness (QED) is 0.633. The van der Waals surface area contributed by atoms with E-state index in [2.05, 4.69) is 6.92 Å². The molecule has 0 aromatic heterocycles. The molecule has 1 N–H and O–H groups in total. The summed E-state index contributed by atoms with van der Waals surface area (Å²) in [6.07, 6.45) is 4.16. The van der Waals surface area contributed by atoms with Crippen LogP contribution in [0.15, 0.2) is 0 Å². The lowest BCUT2D eigenvalue weighted by atomic mass is 10.2. The number of nitrogens with zero attached hydrogens (tertiary/aromatic N) is 1. The van der Waals surface area contributed by atoms with Crippen LogP contribution >= 0.6 is 0 Å². The van der Waals surface area contributed by atoms with E-state index in [0.29, 0.717) is 19.7 Å². The van der Waals surface area contributed by atoms with E-state index < -0.39 is 0 Å². The lowest BCUT2D eigenvalue weighted by Gasteiger charge is -2.20. The Morgan fingerprint density at radius 3 is 2.47 bits per heavy atom. The molecule has 15 heavy (non-hydrogen) atoms. The van der Waals surface area contributed by atoms with Crippen LogP contribution in [-0.2, 0) is 4.74 Å². The summed E-state index contributed by atoms with van der Waals surface area (Å²) in [5.74, 6) is 0. The van der Waals surface area contributed by atoms with Crippen molar-refractivity contribution in [3.8, 4) is 0 Å². The first-order valence-electron chi connectivity index (χ1n) is 5.78. The van der Waals surface area contributed by atoms with Crippen molar-refractivity contribution in [1.29, 1.82) is 0 Å². The van der Waals surface area contributed by atoms with Crippen LogP contribution in [0.5, 0.6) is 0 Å². The number of amides is 1. The van der Waals surface area contributed by atoms with Crippen LogP contribution < -0.4 is 0 Å². The monoisotopic (exact) mass is 217 g/mol. The number of unbranched alkanes of at least 4 members (excludes halogenated alkanes) is 3. The standard InChI is InChI=1S/C11H23NO3/c1-3-5-6-7-8-12(9-10-13)11(14)15-4-2/h13H,3-10H2,1-2H3. The average Bonchev–Trinajstić information content (AvgIpc) is 2.23. The minimum atomic E-state index is -0.317. The lowest BCUT2D eigenvalue weighted by Crippen LogP contribution is -2.34. The molecule has 0 aliphatic rings. The summed E-state index contributed by atoms with van der Waals surface area (Å²) in [4.78, 5) is 13.0. The van der Waals surface area contributed by atoms with E-state index in [1.165, 1.54) is 12.8 Å². The Balaban J connectivity index is 3.76. The first-order chi connectivity index (χ1) is 7.26. The van der Waals surface area contributed by atoms with Gasteiger partial charge in [-0.1, -0.05) is 26.2 Å². The minimum Gasteiger partial charge on any atom is -0.450 e. The molecule has 90 valence electrons. The van der Waals surface area contributed by atoms with Crippen molar-refractivity contribution in [3.63, 3.8) is 0 Å². The van der Waals surface area contributed by atoms with Crippen LogP contribution in [0.2, 0.25) is 0 Å². The van der Waals surface area contributed by atoms with Gasteiger partial charge in [-0.25, -0.2) is 4.79 Å².